The molecule has 0 radical (unpaired) electrons. The summed E-state index contributed by atoms with van der Waals surface area (Å²) in [6.07, 6.45) is 4.32. The number of imidazole rings is 1. The smallest absolute Gasteiger partial charge is 0.335 e. The highest BCUT2D eigenvalue weighted by Crippen LogP contribution is 2.10. The maximum Gasteiger partial charge on any atom is 0.335 e. The minimum atomic E-state index is -0.896. The summed E-state index contributed by atoms with van der Waals surface area (Å²) in [6, 6.07) is 6.90. The van der Waals surface area contributed by atoms with Gasteiger partial charge in [-0.25, -0.2) is 9.78 Å². The van der Waals surface area contributed by atoms with Crippen LogP contribution in [0.25, 0.3) is 0 Å². The van der Waals surface area contributed by atoms with E-state index in [2.05, 4.69) is 4.98 Å². The van der Waals surface area contributed by atoms with Crippen LogP contribution in [0.15, 0.2) is 36.8 Å². The van der Waals surface area contributed by atoms with Crippen LogP contribution < -0.4 is 0 Å². The first-order chi connectivity index (χ1) is 7.66. The number of nitrogens with zero attached hydrogens (tertiary/aromatic N) is 2. The minimum Gasteiger partial charge on any atom is -0.478 e. The van der Waals surface area contributed by atoms with Crippen LogP contribution in [0.5, 0.6) is 0 Å². The molecular weight excluding hydrogens is 204 g/mol. The highest BCUT2D eigenvalue weighted by Gasteiger charge is 2.03. The van der Waals surface area contributed by atoms with Gasteiger partial charge in [-0.15, -0.1) is 0 Å². The first-order valence-corrected chi connectivity index (χ1v) is 4.94. The zero-order valence-corrected chi connectivity index (χ0v) is 8.92. The standard InChI is InChI=1S/C12H12N2O2/c1-14-8-13-7-11(14)6-9-2-4-10(5-3-9)12(15)16/h2-5,7-8H,6H2,1H3,(H,15,16). The highest BCUT2D eigenvalue weighted by molar-refractivity contribution is 5.87. The first kappa shape index (κ1) is 10.4. The van der Waals surface area contributed by atoms with E-state index in [1.54, 1.807) is 18.5 Å². The molecule has 1 aromatic heterocycles. The normalized spacial score (nSPS) is 10.3. The van der Waals surface area contributed by atoms with Gasteiger partial charge < -0.3 is 9.67 Å². The third kappa shape index (κ3) is 2.11. The zero-order valence-electron chi connectivity index (χ0n) is 8.92. The van der Waals surface area contributed by atoms with Crippen molar-refractivity contribution in [2.75, 3.05) is 0 Å². The SMILES string of the molecule is Cn1cncc1Cc1ccc(C(=O)O)cc1. The molecule has 2 rings (SSSR count). The topological polar surface area (TPSA) is 55.1 Å². The molecule has 0 amide bonds. The van der Waals surface area contributed by atoms with Crippen molar-refractivity contribution in [1.82, 2.24) is 9.55 Å². The summed E-state index contributed by atoms with van der Waals surface area (Å²) in [6.45, 7) is 0. The molecule has 0 aliphatic carbocycles. The summed E-state index contributed by atoms with van der Waals surface area (Å²) in [5.74, 6) is -0.896. The Morgan fingerprint density at radius 1 is 1.38 bits per heavy atom. The molecule has 1 aromatic carbocycles. The molecule has 0 aliphatic rings. The van der Waals surface area contributed by atoms with E-state index in [1.165, 1.54) is 0 Å². The third-order valence-electron chi connectivity index (χ3n) is 2.50. The fourth-order valence-electron chi connectivity index (χ4n) is 1.53. The Kier molecular flexibility index (Phi) is 2.72. The van der Waals surface area contributed by atoms with Crippen LogP contribution >= 0.6 is 0 Å². The number of hydrogen-bond donors (Lipinski definition) is 1. The van der Waals surface area contributed by atoms with Crippen molar-refractivity contribution in [3.05, 3.63) is 53.6 Å². The van der Waals surface area contributed by atoms with Gasteiger partial charge in [-0.2, -0.15) is 0 Å². The number of rotatable bonds is 3. The molecule has 1 heterocycles. The number of benzene rings is 1. The second kappa shape index (κ2) is 4.18. The number of aromatic nitrogens is 2. The van der Waals surface area contributed by atoms with Crippen LogP contribution in [0, 0.1) is 0 Å². The van der Waals surface area contributed by atoms with Crippen molar-refractivity contribution in [1.29, 1.82) is 0 Å². The molecule has 0 atom stereocenters. The number of aryl methyl sites for hydroxylation is 1. The highest BCUT2D eigenvalue weighted by atomic mass is 16.4. The molecule has 0 fully saturated rings. The predicted octanol–water partition coefficient (Wildman–Crippen LogP) is 1.71. The van der Waals surface area contributed by atoms with Crippen LogP contribution in [0.3, 0.4) is 0 Å². The summed E-state index contributed by atoms with van der Waals surface area (Å²) in [7, 11) is 1.94. The Morgan fingerprint density at radius 3 is 2.56 bits per heavy atom. The average molecular weight is 216 g/mol. The van der Waals surface area contributed by atoms with Crippen molar-refractivity contribution < 1.29 is 9.90 Å². The second-order valence-corrected chi connectivity index (χ2v) is 3.67. The number of carboxylic acids is 1. The molecule has 0 aliphatic heterocycles. The Balaban J connectivity index is 2.17. The van der Waals surface area contributed by atoms with Crippen LogP contribution in [0.4, 0.5) is 0 Å². The summed E-state index contributed by atoms with van der Waals surface area (Å²) >= 11 is 0. The monoisotopic (exact) mass is 216 g/mol. The molecule has 0 bridgehead atoms. The number of hydrogen-bond acceptors (Lipinski definition) is 2. The van der Waals surface area contributed by atoms with Crippen molar-refractivity contribution in [3.8, 4) is 0 Å². The maximum absolute atomic E-state index is 10.7. The molecule has 4 heteroatoms. The molecule has 82 valence electrons. The van der Waals surface area contributed by atoms with Crippen molar-refractivity contribution >= 4 is 5.97 Å². The van der Waals surface area contributed by atoms with E-state index in [9.17, 15) is 4.79 Å². The minimum absolute atomic E-state index is 0.314. The maximum atomic E-state index is 10.7. The third-order valence-corrected chi connectivity index (χ3v) is 2.50. The first-order valence-electron chi connectivity index (χ1n) is 4.94. The predicted molar refractivity (Wildman–Crippen MR) is 59.4 cm³/mol. The lowest BCUT2D eigenvalue weighted by Gasteiger charge is -2.02. The van der Waals surface area contributed by atoms with Crippen molar-refractivity contribution in [2.45, 2.75) is 6.42 Å². The summed E-state index contributed by atoms with van der Waals surface area (Å²) in [4.78, 5) is 14.7. The van der Waals surface area contributed by atoms with Gasteiger partial charge in [0.15, 0.2) is 0 Å². The van der Waals surface area contributed by atoms with Crippen LogP contribution in [0.2, 0.25) is 0 Å². The van der Waals surface area contributed by atoms with Crippen LogP contribution in [-0.4, -0.2) is 20.6 Å². The number of carbonyl (C=O) groups is 1. The van der Waals surface area contributed by atoms with Gasteiger partial charge in [-0.05, 0) is 17.7 Å². The fraction of sp³-hybridized carbons (Fsp3) is 0.167. The van der Waals surface area contributed by atoms with Crippen molar-refractivity contribution in [2.24, 2.45) is 7.05 Å². The van der Waals surface area contributed by atoms with E-state index in [4.69, 9.17) is 5.11 Å². The van der Waals surface area contributed by atoms with Crippen LogP contribution in [-0.2, 0) is 13.5 Å². The fourth-order valence-corrected chi connectivity index (χ4v) is 1.53. The number of carboxylic acid groups (broad SMARTS) is 1. The molecule has 16 heavy (non-hydrogen) atoms. The molecule has 0 saturated carbocycles. The zero-order chi connectivity index (χ0) is 11.5. The van der Waals surface area contributed by atoms with Crippen molar-refractivity contribution in [3.63, 3.8) is 0 Å². The molecule has 2 aromatic rings. The van der Waals surface area contributed by atoms with E-state index in [1.807, 2.05) is 29.9 Å². The number of aromatic carboxylic acids is 1. The Bertz CT molecular complexity index is 500. The molecule has 1 N–H and O–H groups in total. The lowest BCUT2D eigenvalue weighted by atomic mass is 10.1. The van der Waals surface area contributed by atoms with Gasteiger partial charge in [0, 0.05) is 25.4 Å². The summed E-state index contributed by atoms with van der Waals surface area (Å²) < 4.78 is 1.95. The van der Waals surface area contributed by atoms with Gasteiger partial charge in [-0.3, -0.25) is 0 Å². The van der Waals surface area contributed by atoms with E-state index in [0.29, 0.717) is 5.56 Å². The van der Waals surface area contributed by atoms with Gasteiger partial charge in [0.2, 0.25) is 0 Å². The second-order valence-electron chi connectivity index (χ2n) is 3.67. The largest absolute Gasteiger partial charge is 0.478 e. The molecule has 4 nitrogen and oxygen atoms in total. The Labute approximate surface area is 93.2 Å². The quantitative estimate of drug-likeness (QED) is 0.849. The van der Waals surface area contributed by atoms with Gasteiger partial charge >= 0.3 is 5.97 Å². The average Bonchev–Trinajstić information content (AvgIpc) is 2.65. The summed E-state index contributed by atoms with van der Waals surface area (Å²) in [5.41, 5.74) is 2.49. The molecule has 0 saturated heterocycles. The van der Waals surface area contributed by atoms with Gasteiger partial charge in [0.05, 0.1) is 11.9 Å². The van der Waals surface area contributed by atoms with E-state index in [-0.39, 0.29) is 0 Å². The molecular formula is C12H12N2O2. The lowest BCUT2D eigenvalue weighted by Crippen LogP contribution is -1.98. The van der Waals surface area contributed by atoms with E-state index in [0.717, 1.165) is 17.7 Å². The van der Waals surface area contributed by atoms with Gasteiger partial charge in [-0.1, -0.05) is 12.1 Å². The van der Waals surface area contributed by atoms with E-state index < -0.39 is 5.97 Å². The Hall–Kier alpha value is -2.10. The lowest BCUT2D eigenvalue weighted by molar-refractivity contribution is 0.0697. The van der Waals surface area contributed by atoms with E-state index >= 15 is 0 Å². The Morgan fingerprint density at radius 2 is 2.06 bits per heavy atom. The molecule has 0 spiro atoms. The van der Waals surface area contributed by atoms with Crippen LogP contribution in [0.1, 0.15) is 21.6 Å². The summed E-state index contributed by atoms with van der Waals surface area (Å²) in [5, 5.41) is 8.76. The molecule has 0 unspecified atom stereocenters. The van der Waals surface area contributed by atoms with Gasteiger partial charge in [0.25, 0.3) is 0 Å². The van der Waals surface area contributed by atoms with Gasteiger partial charge in [0.1, 0.15) is 0 Å².